The van der Waals surface area contributed by atoms with Gasteiger partial charge in [-0.3, -0.25) is 19.1 Å². The van der Waals surface area contributed by atoms with Crippen LogP contribution in [0, 0.1) is 6.92 Å². The Hall–Kier alpha value is -3.42. The summed E-state index contributed by atoms with van der Waals surface area (Å²) in [5, 5.41) is 2.98. The lowest BCUT2D eigenvalue weighted by Crippen LogP contribution is -2.37. The molecule has 1 amide bonds. The van der Waals surface area contributed by atoms with Crippen molar-refractivity contribution in [3.63, 3.8) is 0 Å². The van der Waals surface area contributed by atoms with E-state index in [2.05, 4.69) is 15.3 Å². The van der Waals surface area contributed by atoms with Crippen molar-refractivity contribution in [2.45, 2.75) is 32.5 Å². The van der Waals surface area contributed by atoms with Crippen LogP contribution in [0.25, 0.3) is 0 Å². The monoisotopic (exact) mass is 367 g/mol. The van der Waals surface area contributed by atoms with E-state index >= 15 is 0 Å². The minimum absolute atomic E-state index is 0.164. The van der Waals surface area contributed by atoms with Gasteiger partial charge in [-0.25, -0.2) is 9.78 Å². The molecule has 0 aliphatic carbocycles. The van der Waals surface area contributed by atoms with Crippen molar-refractivity contribution in [1.29, 1.82) is 0 Å². The van der Waals surface area contributed by atoms with Crippen LogP contribution in [0.3, 0.4) is 0 Å². The molecule has 2 N–H and O–H groups in total. The van der Waals surface area contributed by atoms with Gasteiger partial charge in [0.15, 0.2) is 0 Å². The highest BCUT2D eigenvalue weighted by atomic mass is 16.2. The van der Waals surface area contributed by atoms with E-state index in [1.807, 2.05) is 48.0 Å². The third-order valence-electron chi connectivity index (χ3n) is 4.33. The third kappa shape index (κ3) is 4.81. The number of rotatable bonds is 7. The number of amides is 1. The van der Waals surface area contributed by atoms with Gasteiger partial charge in [0.1, 0.15) is 12.4 Å². The fourth-order valence-electron chi connectivity index (χ4n) is 2.88. The first kappa shape index (κ1) is 18.4. The van der Waals surface area contributed by atoms with E-state index in [1.54, 1.807) is 6.20 Å². The van der Waals surface area contributed by atoms with E-state index in [-0.39, 0.29) is 18.5 Å². The van der Waals surface area contributed by atoms with Crippen molar-refractivity contribution in [3.8, 4) is 0 Å². The summed E-state index contributed by atoms with van der Waals surface area (Å²) in [5.74, 6) is 0.605. The first-order chi connectivity index (χ1) is 13.0. The summed E-state index contributed by atoms with van der Waals surface area (Å²) in [4.78, 5) is 41.7. The van der Waals surface area contributed by atoms with E-state index in [0.717, 1.165) is 11.4 Å². The first-order valence-electron chi connectivity index (χ1n) is 8.65. The van der Waals surface area contributed by atoms with Gasteiger partial charge in [0, 0.05) is 31.2 Å². The molecule has 0 aliphatic heterocycles. The van der Waals surface area contributed by atoms with Crippen molar-refractivity contribution in [2.75, 3.05) is 0 Å². The minimum atomic E-state index is -0.608. The maximum atomic E-state index is 12.5. The van der Waals surface area contributed by atoms with Crippen LogP contribution < -0.4 is 16.6 Å². The summed E-state index contributed by atoms with van der Waals surface area (Å²) in [6.45, 7) is 2.46. The summed E-state index contributed by atoms with van der Waals surface area (Å²) < 4.78 is 3.19. The van der Waals surface area contributed by atoms with E-state index in [9.17, 15) is 14.4 Å². The molecule has 3 rings (SSSR count). The van der Waals surface area contributed by atoms with Crippen LogP contribution in [0.1, 0.15) is 23.9 Å². The second-order valence-electron chi connectivity index (χ2n) is 6.23. The Kier molecular flexibility index (Phi) is 5.65. The molecule has 1 aromatic carbocycles. The SMILES string of the molecule is Cc1nccn1CC[C@@H](NC(=O)Cn1ccc(=O)[nH]c1=O)c1ccccc1. The molecular weight excluding hydrogens is 346 g/mol. The lowest BCUT2D eigenvalue weighted by Gasteiger charge is -2.20. The Morgan fingerprint density at radius 3 is 2.59 bits per heavy atom. The summed E-state index contributed by atoms with van der Waals surface area (Å²) in [6, 6.07) is 10.7. The molecule has 3 aromatic rings. The second kappa shape index (κ2) is 8.31. The van der Waals surface area contributed by atoms with Crippen molar-refractivity contribution < 1.29 is 4.79 Å². The van der Waals surface area contributed by atoms with Gasteiger partial charge in [0.2, 0.25) is 5.91 Å². The summed E-state index contributed by atoms with van der Waals surface area (Å²) in [5.41, 5.74) is -0.116. The smallest absolute Gasteiger partial charge is 0.328 e. The molecule has 27 heavy (non-hydrogen) atoms. The predicted octanol–water partition coefficient (Wildman–Crippen LogP) is 0.989. The summed E-state index contributed by atoms with van der Waals surface area (Å²) in [6.07, 6.45) is 5.63. The van der Waals surface area contributed by atoms with Crippen LogP contribution in [0.15, 0.2) is 64.6 Å². The summed E-state index contributed by atoms with van der Waals surface area (Å²) >= 11 is 0. The van der Waals surface area contributed by atoms with Crippen molar-refractivity contribution in [2.24, 2.45) is 0 Å². The quantitative estimate of drug-likeness (QED) is 0.650. The third-order valence-corrected chi connectivity index (χ3v) is 4.33. The van der Waals surface area contributed by atoms with E-state index in [0.29, 0.717) is 13.0 Å². The highest BCUT2D eigenvalue weighted by Crippen LogP contribution is 2.18. The Morgan fingerprint density at radius 2 is 1.93 bits per heavy atom. The molecule has 2 heterocycles. The van der Waals surface area contributed by atoms with Gasteiger partial charge in [-0.2, -0.15) is 0 Å². The number of imidazole rings is 1. The van der Waals surface area contributed by atoms with Gasteiger partial charge in [-0.05, 0) is 18.9 Å². The molecule has 0 unspecified atom stereocenters. The molecule has 0 spiro atoms. The van der Waals surface area contributed by atoms with Crippen LogP contribution >= 0.6 is 0 Å². The number of aromatic nitrogens is 4. The first-order valence-corrected chi connectivity index (χ1v) is 8.65. The molecule has 0 bridgehead atoms. The van der Waals surface area contributed by atoms with Crippen LogP contribution in [-0.4, -0.2) is 25.0 Å². The molecule has 0 fully saturated rings. The summed E-state index contributed by atoms with van der Waals surface area (Å²) in [7, 11) is 0. The highest BCUT2D eigenvalue weighted by molar-refractivity contribution is 5.76. The topological polar surface area (TPSA) is 102 Å². The number of nitrogens with zero attached hydrogens (tertiary/aromatic N) is 3. The average molecular weight is 367 g/mol. The molecule has 0 saturated heterocycles. The maximum Gasteiger partial charge on any atom is 0.328 e. The number of hydrogen-bond donors (Lipinski definition) is 2. The minimum Gasteiger partial charge on any atom is -0.348 e. The van der Waals surface area contributed by atoms with E-state index in [1.165, 1.54) is 16.8 Å². The number of aryl methyl sites for hydroxylation is 2. The lowest BCUT2D eigenvalue weighted by molar-refractivity contribution is -0.122. The number of hydrogen-bond acceptors (Lipinski definition) is 4. The Bertz CT molecular complexity index is 1020. The fourth-order valence-corrected chi connectivity index (χ4v) is 2.88. The van der Waals surface area contributed by atoms with Gasteiger partial charge in [0.25, 0.3) is 5.56 Å². The maximum absolute atomic E-state index is 12.5. The number of carbonyl (C=O) groups is 1. The number of aromatic amines is 1. The van der Waals surface area contributed by atoms with E-state index in [4.69, 9.17) is 0 Å². The van der Waals surface area contributed by atoms with Crippen LogP contribution in [0.5, 0.6) is 0 Å². The Balaban J connectivity index is 1.72. The molecule has 1 atom stereocenters. The van der Waals surface area contributed by atoms with Gasteiger partial charge in [0.05, 0.1) is 6.04 Å². The van der Waals surface area contributed by atoms with Crippen molar-refractivity contribution in [1.82, 2.24) is 24.4 Å². The number of carbonyl (C=O) groups excluding carboxylic acids is 1. The van der Waals surface area contributed by atoms with Gasteiger partial charge in [-0.15, -0.1) is 0 Å². The zero-order valence-electron chi connectivity index (χ0n) is 15.0. The fraction of sp³-hybridized carbons (Fsp3) is 0.263. The van der Waals surface area contributed by atoms with Gasteiger partial charge in [-0.1, -0.05) is 30.3 Å². The van der Waals surface area contributed by atoms with Crippen molar-refractivity contribution >= 4 is 5.91 Å². The van der Waals surface area contributed by atoms with Crippen molar-refractivity contribution in [3.05, 3.63) is 87.2 Å². The number of benzene rings is 1. The zero-order chi connectivity index (χ0) is 19.2. The van der Waals surface area contributed by atoms with Crippen LogP contribution in [0.2, 0.25) is 0 Å². The highest BCUT2D eigenvalue weighted by Gasteiger charge is 2.15. The zero-order valence-corrected chi connectivity index (χ0v) is 15.0. The molecule has 8 heteroatoms. The van der Waals surface area contributed by atoms with Gasteiger partial charge < -0.3 is 9.88 Å². The largest absolute Gasteiger partial charge is 0.348 e. The standard InChI is InChI=1S/C19H21N5O3/c1-14-20-9-12-23(14)10-7-16(15-5-3-2-4-6-15)21-18(26)13-24-11-8-17(25)22-19(24)27/h2-6,8-9,11-12,16H,7,10,13H2,1H3,(H,21,26)(H,22,25,27)/t16-/m1/s1. The normalized spacial score (nSPS) is 11.9. The molecule has 0 aliphatic rings. The molecule has 140 valence electrons. The molecule has 8 nitrogen and oxygen atoms in total. The average Bonchev–Trinajstić information content (AvgIpc) is 3.06. The molecule has 2 aromatic heterocycles. The van der Waals surface area contributed by atoms with Crippen LogP contribution in [-0.2, 0) is 17.9 Å². The Labute approximate surface area is 155 Å². The van der Waals surface area contributed by atoms with Gasteiger partial charge >= 0.3 is 5.69 Å². The molecule has 0 radical (unpaired) electrons. The van der Waals surface area contributed by atoms with Crippen LogP contribution in [0.4, 0.5) is 0 Å². The Morgan fingerprint density at radius 1 is 1.15 bits per heavy atom. The number of H-pyrrole nitrogens is 1. The molecule has 0 saturated carbocycles. The van der Waals surface area contributed by atoms with E-state index < -0.39 is 11.2 Å². The number of nitrogens with one attached hydrogen (secondary N) is 2. The predicted molar refractivity (Wildman–Crippen MR) is 100 cm³/mol. The lowest BCUT2D eigenvalue weighted by atomic mass is 10.0. The second-order valence-corrected chi connectivity index (χ2v) is 6.23. The molecular formula is C19H21N5O3.